The predicted octanol–water partition coefficient (Wildman–Crippen LogP) is 1.48. The third-order valence-electron chi connectivity index (χ3n) is 5.01. The summed E-state index contributed by atoms with van der Waals surface area (Å²) < 4.78 is 5.31. The maximum atomic E-state index is 12.7. The molecule has 2 aromatic carbocycles. The summed E-state index contributed by atoms with van der Waals surface area (Å²) in [6.07, 6.45) is 0.356. The number of hydrogen-bond acceptors (Lipinski definition) is 5. The summed E-state index contributed by atoms with van der Waals surface area (Å²) in [4.78, 5) is 24.6. The van der Waals surface area contributed by atoms with E-state index in [4.69, 9.17) is 9.84 Å². The fourth-order valence-corrected chi connectivity index (χ4v) is 3.85. The van der Waals surface area contributed by atoms with E-state index in [2.05, 4.69) is 0 Å². The Labute approximate surface area is 152 Å². The highest BCUT2D eigenvalue weighted by Crippen LogP contribution is 2.57. The molecule has 1 aliphatic rings. The molecule has 0 heterocycles. The molecule has 0 amide bonds. The van der Waals surface area contributed by atoms with Crippen LogP contribution in [0.5, 0.6) is 0 Å². The Morgan fingerprint density at radius 1 is 0.885 bits per heavy atom. The molecule has 4 atom stereocenters. The molecule has 26 heavy (non-hydrogen) atoms. The van der Waals surface area contributed by atoms with Crippen LogP contribution in [0, 0.1) is 11.8 Å². The molecule has 0 aromatic heterocycles. The van der Waals surface area contributed by atoms with E-state index < -0.39 is 35.6 Å². The summed E-state index contributed by atoms with van der Waals surface area (Å²) in [5.41, 5.74) is 1.58. The lowest BCUT2D eigenvalue weighted by Gasteiger charge is -2.51. The van der Waals surface area contributed by atoms with Crippen LogP contribution < -0.4 is 5.11 Å². The molecule has 2 unspecified atom stereocenters. The Bertz CT molecular complexity index is 696. The lowest BCUT2D eigenvalue weighted by atomic mass is 9.52. The Balaban J connectivity index is 1.95. The summed E-state index contributed by atoms with van der Waals surface area (Å²) >= 11 is 0. The Morgan fingerprint density at radius 3 is 1.81 bits per heavy atom. The van der Waals surface area contributed by atoms with Gasteiger partial charge in [0.2, 0.25) is 0 Å². The quantitative estimate of drug-likeness (QED) is 0.602. The first kappa shape index (κ1) is 18.1. The Morgan fingerprint density at radius 2 is 1.38 bits per heavy atom. The maximum Gasteiger partial charge on any atom is 0.310 e. The number of aliphatic hydroxyl groups excluding tert-OH is 1. The second-order valence-corrected chi connectivity index (χ2v) is 6.49. The number of ether oxygens (including phenoxy) is 1. The SMILES string of the molecule is O=C([O-])C1[C@@H](c2ccccc2)C(C(=O)OCCCO)[C@H]1c1ccccc1. The number of carboxylic acid groups (broad SMARTS) is 1. The second-order valence-electron chi connectivity index (χ2n) is 6.49. The summed E-state index contributed by atoms with van der Waals surface area (Å²) in [6, 6.07) is 18.3. The van der Waals surface area contributed by atoms with Crippen molar-refractivity contribution < 1.29 is 24.5 Å². The number of carbonyl (C=O) groups is 2. The topological polar surface area (TPSA) is 86.7 Å². The van der Waals surface area contributed by atoms with Crippen molar-refractivity contribution in [2.75, 3.05) is 13.2 Å². The van der Waals surface area contributed by atoms with Crippen molar-refractivity contribution in [2.24, 2.45) is 11.8 Å². The molecule has 0 spiro atoms. The summed E-state index contributed by atoms with van der Waals surface area (Å²) in [7, 11) is 0. The van der Waals surface area contributed by atoms with Gasteiger partial charge in [0.25, 0.3) is 0 Å². The van der Waals surface area contributed by atoms with Crippen LogP contribution in [0.4, 0.5) is 0 Å². The molecule has 2 aromatic rings. The number of aliphatic hydroxyl groups is 1. The third kappa shape index (κ3) is 3.48. The largest absolute Gasteiger partial charge is 0.550 e. The van der Waals surface area contributed by atoms with Crippen molar-refractivity contribution >= 4 is 11.9 Å². The standard InChI is InChI=1S/C21H22O5/c22-12-7-13-26-21(25)19-16(14-8-3-1-4-9-14)18(20(23)24)17(19)15-10-5-2-6-11-15/h1-6,8-11,16-19,22H,7,12-13H2,(H,23,24)/p-1/t16-,17+,18?,19?. The molecule has 0 aliphatic heterocycles. The average molecular weight is 353 g/mol. The van der Waals surface area contributed by atoms with Gasteiger partial charge in [-0.15, -0.1) is 0 Å². The normalized spacial score (nSPS) is 24.5. The minimum atomic E-state index is -1.16. The van der Waals surface area contributed by atoms with Crippen molar-refractivity contribution in [3.05, 3.63) is 71.8 Å². The van der Waals surface area contributed by atoms with Gasteiger partial charge in [0.05, 0.1) is 12.5 Å². The highest BCUT2D eigenvalue weighted by atomic mass is 16.5. The van der Waals surface area contributed by atoms with Gasteiger partial charge >= 0.3 is 5.97 Å². The number of rotatable bonds is 7. The van der Waals surface area contributed by atoms with Crippen molar-refractivity contribution in [3.8, 4) is 0 Å². The number of hydrogen-bond donors (Lipinski definition) is 1. The van der Waals surface area contributed by atoms with Gasteiger partial charge in [-0.1, -0.05) is 60.7 Å². The molecular formula is C21H21O5-. The molecule has 3 rings (SSSR count). The van der Waals surface area contributed by atoms with Crippen LogP contribution in [0.25, 0.3) is 0 Å². The zero-order valence-corrected chi connectivity index (χ0v) is 14.3. The van der Waals surface area contributed by atoms with Crippen molar-refractivity contribution in [3.63, 3.8) is 0 Å². The van der Waals surface area contributed by atoms with Crippen LogP contribution in [0.1, 0.15) is 29.4 Å². The van der Waals surface area contributed by atoms with E-state index in [0.29, 0.717) is 6.42 Å². The van der Waals surface area contributed by atoms with Crippen LogP contribution in [0.15, 0.2) is 60.7 Å². The fourth-order valence-electron chi connectivity index (χ4n) is 3.85. The van der Waals surface area contributed by atoms with Crippen LogP contribution >= 0.6 is 0 Å². The van der Waals surface area contributed by atoms with E-state index in [1.165, 1.54) is 0 Å². The highest BCUT2D eigenvalue weighted by molar-refractivity contribution is 5.83. The molecule has 1 N–H and O–H groups in total. The molecule has 136 valence electrons. The average Bonchev–Trinajstić information content (AvgIpc) is 2.62. The highest BCUT2D eigenvalue weighted by Gasteiger charge is 2.56. The van der Waals surface area contributed by atoms with E-state index in [0.717, 1.165) is 11.1 Å². The number of carboxylic acids is 1. The molecule has 5 heteroatoms. The lowest BCUT2D eigenvalue weighted by molar-refractivity contribution is -0.317. The molecule has 1 saturated carbocycles. The van der Waals surface area contributed by atoms with Gasteiger partial charge in [0.15, 0.2) is 0 Å². The molecule has 5 nitrogen and oxygen atoms in total. The molecule has 0 saturated heterocycles. The van der Waals surface area contributed by atoms with Crippen molar-refractivity contribution in [1.29, 1.82) is 0 Å². The van der Waals surface area contributed by atoms with E-state index in [1.807, 2.05) is 60.7 Å². The van der Waals surface area contributed by atoms with E-state index in [9.17, 15) is 14.7 Å². The summed E-state index contributed by atoms with van der Waals surface area (Å²) in [6.45, 7) is 0.0503. The fraction of sp³-hybridized carbons (Fsp3) is 0.333. The maximum absolute atomic E-state index is 12.7. The number of aliphatic carboxylic acids is 1. The van der Waals surface area contributed by atoms with Crippen molar-refractivity contribution in [2.45, 2.75) is 18.3 Å². The minimum absolute atomic E-state index is 0.0656. The van der Waals surface area contributed by atoms with Crippen LogP contribution in [0.2, 0.25) is 0 Å². The molecule has 0 bridgehead atoms. The molecule has 0 radical (unpaired) electrons. The minimum Gasteiger partial charge on any atom is -0.550 e. The van der Waals surface area contributed by atoms with Crippen LogP contribution in [-0.2, 0) is 14.3 Å². The van der Waals surface area contributed by atoms with E-state index in [1.54, 1.807) is 0 Å². The number of carbonyl (C=O) groups excluding carboxylic acids is 2. The zero-order chi connectivity index (χ0) is 18.5. The number of esters is 1. The van der Waals surface area contributed by atoms with Crippen LogP contribution in [-0.4, -0.2) is 30.3 Å². The van der Waals surface area contributed by atoms with Gasteiger partial charge in [-0.2, -0.15) is 0 Å². The van der Waals surface area contributed by atoms with Crippen LogP contribution in [0.3, 0.4) is 0 Å². The zero-order valence-electron chi connectivity index (χ0n) is 14.3. The molecule has 1 fully saturated rings. The smallest absolute Gasteiger partial charge is 0.310 e. The first-order chi connectivity index (χ1) is 12.6. The van der Waals surface area contributed by atoms with Gasteiger partial charge in [-0.3, -0.25) is 4.79 Å². The third-order valence-corrected chi connectivity index (χ3v) is 5.01. The first-order valence-corrected chi connectivity index (χ1v) is 8.73. The summed E-state index contributed by atoms with van der Waals surface area (Å²) in [5, 5.41) is 20.8. The van der Waals surface area contributed by atoms with E-state index in [-0.39, 0.29) is 13.2 Å². The van der Waals surface area contributed by atoms with E-state index >= 15 is 0 Å². The lowest BCUT2D eigenvalue weighted by Crippen LogP contribution is -2.55. The monoisotopic (exact) mass is 353 g/mol. The van der Waals surface area contributed by atoms with Gasteiger partial charge in [-0.05, 0) is 11.1 Å². The van der Waals surface area contributed by atoms with Gasteiger partial charge in [0, 0.05) is 36.8 Å². The Hall–Kier alpha value is -2.66. The predicted molar refractivity (Wildman–Crippen MR) is 93.0 cm³/mol. The first-order valence-electron chi connectivity index (χ1n) is 8.73. The molecule has 1 aliphatic carbocycles. The van der Waals surface area contributed by atoms with Crippen molar-refractivity contribution in [1.82, 2.24) is 0 Å². The summed E-state index contributed by atoms with van der Waals surface area (Å²) in [5.74, 6) is -3.97. The van der Waals surface area contributed by atoms with Gasteiger partial charge in [0.1, 0.15) is 0 Å². The second kappa shape index (κ2) is 8.15. The van der Waals surface area contributed by atoms with Gasteiger partial charge < -0.3 is 19.7 Å². The Kier molecular flexibility index (Phi) is 5.68. The van der Waals surface area contributed by atoms with Gasteiger partial charge in [-0.25, -0.2) is 0 Å². The molecular weight excluding hydrogens is 332 g/mol. The number of benzene rings is 2.